The van der Waals surface area contributed by atoms with Gasteiger partial charge in [0.2, 0.25) is 0 Å². The maximum Gasteiger partial charge on any atom is 0.253 e. The molecule has 0 bridgehead atoms. The summed E-state index contributed by atoms with van der Waals surface area (Å²) < 4.78 is 5.89. The Labute approximate surface area is 177 Å². The first-order chi connectivity index (χ1) is 14.6. The molecule has 2 aromatic carbocycles. The van der Waals surface area contributed by atoms with Crippen LogP contribution in [0, 0.1) is 6.92 Å². The van der Waals surface area contributed by atoms with Crippen LogP contribution in [0.25, 0.3) is 0 Å². The van der Waals surface area contributed by atoms with E-state index in [2.05, 4.69) is 35.0 Å². The van der Waals surface area contributed by atoms with Crippen molar-refractivity contribution in [3.63, 3.8) is 0 Å². The van der Waals surface area contributed by atoms with E-state index in [-0.39, 0.29) is 5.91 Å². The van der Waals surface area contributed by atoms with E-state index >= 15 is 0 Å². The molecular weight excluding hydrogens is 374 g/mol. The van der Waals surface area contributed by atoms with Gasteiger partial charge in [-0.3, -0.25) is 9.78 Å². The summed E-state index contributed by atoms with van der Waals surface area (Å²) in [5.74, 6) is 1.59. The van der Waals surface area contributed by atoms with Crippen LogP contribution in [-0.2, 0) is 6.42 Å². The summed E-state index contributed by atoms with van der Waals surface area (Å²) in [6.07, 6.45) is 2.91. The van der Waals surface area contributed by atoms with Crippen LogP contribution in [0.1, 0.15) is 28.5 Å². The van der Waals surface area contributed by atoms with Crippen molar-refractivity contribution in [2.45, 2.75) is 20.3 Å². The molecule has 0 unspecified atom stereocenters. The number of aromatic nitrogens is 1. The van der Waals surface area contributed by atoms with E-state index in [1.54, 1.807) is 0 Å². The third-order valence-electron chi connectivity index (χ3n) is 5.50. The molecule has 0 saturated carbocycles. The maximum atomic E-state index is 12.9. The first-order valence-electron chi connectivity index (χ1n) is 10.5. The van der Waals surface area contributed by atoms with Crippen molar-refractivity contribution in [3.8, 4) is 11.5 Å². The molecule has 5 heteroatoms. The highest BCUT2D eigenvalue weighted by molar-refractivity contribution is 5.94. The topological polar surface area (TPSA) is 45.7 Å². The lowest BCUT2D eigenvalue weighted by atomic mass is 10.1. The molecule has 0 aliphatic carbocycles. The molecular formula is C25H27N3O2. The fourth-order valence-corrected chi connectivity index (χ4v) is 3.59. The highest BCUT2D eigenvalue weighted by atomic mass is 16.5. The Morgan fingerprint density at radius 1 is 0.900 bits per heavy atom. The third-order valence-corrected chi connectivity index (χ3v) is 5.50. The summed E-state index contributed by atoms with van der Waals surface area (Å²) in [6, 6.07) is 19.6. The molecule has 3 aromatic rings. The maximum absolute atomic E-state index is 12.9. The van der Waals surface area contributed by atoms with Crippen LogP contribution in [0.2, 0.25) is 0 Å². The van der Waals surface area contributed by atoms with E-state index in [0.717, 1.165) is 42.4 Å². The summed E-state index contributed by atoms with van der Waals surface area (Å²) in [4.78, 5) is 21.4. The summed E-state index contributed by atoms with van der Waals surface area (Å²) in [5.41, 5.74) is 4.09. The van der Waals surface area contributed by atoms with Gasteiger partial charge < -0.3 is 14.5 Å². The predicted molar refractivity (Wildman–Crippen MR) is 119 cm³/mol. The van der Waals surface area contributed by atoms with Gasteiger partial charge in [0.25, 0.3) is 5.91 Å². The molecule has 1 amide bonds. The molecule has 154 valence electrons. The molecule has 1 aliphatic rings. The van der Waals surface area contributed by atoms with E-state index in [4.69, 9.17) is 4.74 Å². The Balaban J connectivity index is 1.34. The summed E-state index contributed by atoms with van der Waals surface area (Å²) >= 11 is 0. The van der Waals surface area contributed by atoms with Crippen LogP contribution in [-0.4, -0.2) is 42.0 Å². The predicted octanol–water partition coefficient (Wildman–Crippen LogP) is 4.71. The monoisotopic (exact) mass is 401 g/mol. The van der Waals surface area contributed by atoms with Gasteiger partial charge in [-0.25, -0.2) is 0 Å². The smallest absolute Gasteiger partial charge is 0.253 e. The number of amides is 1. The highest BCUT2D eigenvalue weighted by Crippen LogP contribution is 2.23. The van der Waals surface area contributed by atoms with Gasteiger partial charge in [-0.1, -0.05) is 19.1 Å². The Morgan fingerprint density at radius 2 is 1.53 bits per heavy atom. The zero-order chi connectivity index (χ0) is 20.9. The molecule has 1 aromatic heterocycles. The van der Waals surface area contributed by atoms with E-state index in [0.29, 0.717) is 18.7 Å². The average Bonchev–Trinajstić information content (AvgIpc) is 2.80. The third kappa shape index (κ3) is 4.62. The number of piperazine rings is 1. The molecule has 0 N–H and O–H groups in total. The van der Waals surface area contributed by atoms with Gasteiger partial charge in [-0.15, -0.1) is 0 Å². The number of carbonyl (C=O) groups excluding carboxylic acids is 1. The second kappa shape index (κ2) is 8.99. The lowest BCUT2D eigenvalue weighted by Crippen LogP contribution is -2.48. The normalized spacial score (nSPS) is 13.9. The SMILES string of the molecule is CCc1ccc(Oc2ccc(C(=O)N3CCN(c4ccc(C)nc4)CC3)cc2)cc1. The van der Waals surface area contributed by atoms with Crippen LogP contribution < -0.4 is 9.64 Å². The molecule has 2 heterocycles. The van der Waals surface area contributed by atoms with Crippen LogP contribution in [0.3, 0.4) is 0 Å². The number of hydrogen-bond donors (Lipinski definition) is 0. The van der Waals surface area contributed by atoms with Crippen LogP contribution in [0.4, 0.5) is 5.69 Å². The fraction of sp³-hybridized carbons (Fsp3) is 0.280. The molecule has 4 rings (SSSR count). The van der Waals surface area contributed by atoms with Crippen molar-refractivity contribution in [2.24, 2.45) is 0 Å². The second-order valence-corrected chi connectivity index (χ2v) is 7.56. The van der Waals surface area contributed by atoms with E-state index in [1.165, 1.54) is 5.56 Å². The number of pyridine rings is 1. The largest absolute Gasteiger partial charge is 0.457 e. The minimum absolute atomic E-state index is 0.0653. The van der Waals surface area contributed by atoms with E-state index < -0.39 is 0 Å². The molecule has 5 nitrogen and oxygen atoms in total. The first kappa shape index (κ1) is 20.0. The fourth-order valence-electron chi connectivity index (χ4n) is 3.59. The molecule has 0 atom stereocenters. The van der Waals surface area contributed by atoms with Crippen LogP contribution in [0.15, 0.2) is 66.9 Å². The number of ether oxygens (including phenoxy) is 1. The average molecular weight is 402 g/mol. The number of rotatable bonds is 5. The number of carbonyl (C=O) groups is 1. The first-order valence-corrected chi connectivity index (χ1v) is 10.5. The molecule has 1 fully saturated rings. The van der Waals surface area contributed by atoms with Gasteiger partial charge >= 0.3 is 0 Å². The Bertz CT molecular complexity index is 974. The number of aryl methyl sites for hydroxylation is 2. The molecule has 30 heavy (non-hydrogen) atoms. The number of anilines is 1. The van der Waals surface area contributed by atoms with Crippen LogP contribution in [0.5, 0.6) is 11.5 Å². The van der Waals surface area contributed by atoms with Crippen molar-refractivity contribution in [1.82, 2.24) is 9.88 Å². The lowest BCUT2D eigenvalue weighted by molar-refractivity contribution is 0.0747. The molecule has 1 aliphatic heterocycles. The van der Waals surface area contributed by atoms with Gasteiger partial charge in [0, 0.05) is 37.4 Å². The Morgan fingerprint density at radius 3 is 2.10 bits per heavy atom. The van der Waals surface area contributed by atoms with Gasteiger partial charge in [0.1, 0.15) is 11.5 Å². The van der Waals surface area contributed by atoms with E-state index in [9.17, 15) is 4.79 Å². The van der Waals surface area contributed by atoms with Gasteiger partial charge in [0.05, 0.1) is 11.9 Å². The van der Waals surface area contributed by atoms with Gasteiger partial charge in [-0.2, -0.15) is 0 Å². The van der Waals surface area contributed by atoms with Crippen molar-refractivity contribution >= 4 is 11.6 Å². The standard InChI is InChI=1S/C25H27N3O2/c1-3-20-5-10-23(11-6-20)30-24-12-7-21(8-13-24)25(29)28-16-14-27(15-17-28)22-9-4-19(2)26-18-22/h4-13,18H,3,14-17H2,1-2H3. The molecule has 0 radical (unpaired) electrons. The van der Waals surface area contributed by atoms with Crippen LogP contribution >= 0.6 is 0 Å². The van der Waals surface area contributed by atoms with Crippen molar-refractivity contribution in [3.05, 3.63) is 83.7 Å². The number of benzene rings is 2. The Kier molecular flexibility index (Phi) is 5.98. The van der Waals surface area contributed by atoms with Gasteiger partial charge in [-0.05, 0) is 67.4 Å². The quantitative estimate of drug-likeness (QED) is 0.621. The number of nitrogens with zero attached hydrogens (tertiary/aromatic N) is 3. The zero-order valence-corrected chi connectivity index (χ0v) is 17.5. The van der Waals surface area contributed by atoms with Crippen molar-refractivity contribution in [1.29, 1.82) is 0 Å². The van der Waals surface area contributed by atoms with Crippen molar-refractivity contribution < 1.29 is 9.53 Å². The number of hydrogen-bond acceptors (Lipinski definition) is 4. The highest BCUT2D eigenvalue weighted by Gasteiger charge is 2.22. The minimum atomic E-state index is 0.0653. The molecule has 0 spiro atoms. The summed E-state index contributed by atoms with van der Waals surface area (Å²) in [7, 11) is 0. The summed E-state index contributed by atoms with van der Waals surface area (Å²) in [5, 5.41) is 0. The summed E-state index contributed by atoms with van der Waals surface area (Å²) in [6.45, 7) is 7.14. The molecule has 1 saturated heterocycles. The van der Waals surface area contributed by atoms with Gasteiger partial charge in [0.15, 0.2) is 0 Å². The van der Waals surface area contributed by atoms with Crippen molar-refractivity contribution in [2.75, 3.05) is 31.1 Å². The van der Waals surface area contributed by atoms with E-state index in [1.807, 2.05) is 60.5 Å². The zero-order valence-electron chi connectivity index (χ0n) is 17.5. The second-order valence-electron chi connectivity index (χ2n) is 7.56. The minimum Gasteiger partial charge on any atom is -0.457 e. The Hall–Kier alpha value is -3.34. The lowest BCUT2D eigenvalue weighted by Gasteiger charge is -2.36.